The molecule has 0 atom stereocenters. The van der Waals surface area contributed by atoms with E-state index in [4.69, 9.17) is 4.74 Å². The van der Waals surface area contributed by atoms with E-state index in [0.29, 0.717) is 24.8 Å². The third kappa shape index (κ3) is 4.39. The predicted octanol–water partition coefficient (Wildman–Crippen LogP) is 3.08. The van der Waals surface area contributed by atoms with E-state index in [1.165, 1.54) is 11.3 Å². The van der Waals surface area contributed by atoms with Gasteiger partial charge in [0, 0.05) is 36.4 Å². The monoisotopic (exact) mass is 382 g/mol. The molecule has 1 aliphatic rings. The number of thiazole rings is 1. The van der Waals surface area contributed by atoms with Crippen LogP contribution in [0.25, 0.3) is 10.6 Å². The zero-order chi connectivity index (χ0) is 18.5. The summed E-state index contributed by atoms with van der Waals surface area (Å²) >= 11 is 1.46. The molecule has 0 radical (unpaired) electrons. The van der Waals surface area contributed by atoms with Crippen molar-refractivity contribution in [2.75, 3.05) is 41.8 Å². The van der Waals surface area contributed by atoms with Crippen LogP contribution in [0.15, 0.2) is 48.1 Å². The fourth-order valence-corrected chi connectivity index (χ4v) is 3.44. The quantitative estimate of drug-likeness (QED) is 0.720. The molecule has 138 valence electrons. The number of ether oxygens (including phenoxy) is 1. The Morgan fingerprint density at radius 2 is 1.81 bits per heavy atom. The van der Waals surface area contributed by atoms with E-state index in [9.17, 15) is 4.79 Å². The third-order valence-electron chi connectivity index (χ3n) is 3.98. The first-order valence-corrected chi connectivity index (χ1v) is 9.39. The number of amides is 2. The number of anilines is 3. The highest BCUT2D eigenvalue weighted by Crippen LogP contribution is 2.25. The van der Waals surface area contributed by atoms with E-state index < -0.39 is 0 Å². The normalized spacial score (nSPS) is 14.0. The summed E-state index contributed by atoms with van der Waals surface area (Å²) in [5, 5.41) is 8.11. The summed E-state index contributed by atoms with van der Waals surface area (Å²) in [6.45, 7) is 2.95. The molecule has 9 heteroatoms. The molecule has 1 fully saturated rings. The van der Waals surface area contributed by atoms with Crippen molar-refractivity contribution in [1.82, 2.24) is 15.0 Å². The smallest absolute Gasteiger partial charge is 0.326 e. The number of morpholine rings is 1. The van der Waals surface area contributed by atoms with Crippen LogP contribution in [0, 0.1) is 0 Å². The second kappa shape index (κ2) is 8.11. The Kier molecular flexibility index (Phi) is 5.22. The average Bonchev–Trinajstić information content (AvgIpc) is 3.18. The van der Waals surface area contributed by atoms with Crippen LogP contribution >= 0.6 is 11.3 Å². The van der Waals surface area contributed by atoms with Crippen molar-refractivity contribution in [3.05, 3.63) is 48.1 Å². The van der Waals surface area contributed by atoms with Gasteiger partial charge in [0.15, 0.2) is 0 Å². The van der Waals surface area contributed by atoms with Crippen LogP contribution in [0.3, 0.4) is 0 Å². The van der Waals surface area contributed by atoms with Gasteiger partial charge in [-0.2, -0.15) is 0 Å². The van der Waals surface area contributed by atoms with Gasteiger partial charge in [-0.3, -0.25) is 15.6 Å². The maximum absolute atomic E-state index is 12.3. The highest BCUT2D eigenvalue weighted by molar-refractivity contribution is 7.13. The van der Waals surface area contributed by atoms with Gasteiger partial charge in [-0.05, 0) is 24.3 Å². The van der Waals surface area contributed by atoms with Gasteiger partial charge in [-0.15, -0.1) is 11.3 Å². The molecule has 0 aromatic carbocycles. The summed E-state index contributed by atoms with van der Waals surface area (Å²) in [6.07, 6.45) is 3.42. The number of hydrogen-bond donors (Lipinski definition) is 2. The number of pyridine rings is 2. The van der Waals surface area contributed by atoms with Crippen LogP contribution in [-0.4, -0.2) is 47.3 Å². The van der Waals surface area contributed by atoms with Gasteiger partial charge in [0.2, 0.25) is 0 Å². The molecule has 8 nitrogen and oxygen atoms in total. The van der Waals surface area contributed by atoms with Crippen molar-refractivity contribution in [3.63, 3.8) is 0 Å². The molecule has 4 rings (SSSR count). The second-order valence-electron chi connectivity index (χ2n) is 5.83. The van der Waals surface area contributed by atoms with Crippen molar-refractivity contribution in [2.24, 2.45) is 0 Å². The Hall–Kier alpha value is -3.04. The number of carbonyl (C=O) groups is 1. The summed E-state index contributed by atoms with van der Waals surface area (Å²) < 4.78 is 5.36. The lowest BCUT2D eigenvalue weighted by Crippen LogP contribution is -2.36. The Labute approximate surface area is 160 Å². The molecule has 4 heterocycles. The van der Waals surface area contributed by atoms with Crippen molar-refractivity contribution in [2.45, 2.75) is 0 Å². The minimum absolute atomic E-state index is 0.381. The highest BCUT2D eigenvalue weighted by Gasteiger charge is 2.14. The maximum atomic E-state index is 12.3. The minimum atomic E-state index is -0.381. The molecule has 0 aliphatic carbocycles. The molecular weight excluding hydrogens is 364 g/mol. The van der Waals surface area contributed by atoms with Crippen LogP contribution in [0.5, 0.6) is 0 Å². The van der Waals surface area contributed by atoms with Crippen LogP contribution in [0.1, 0.15) is 0 Å². The first-order valence-electron chi connectivity index (χ1n) is 8.51. The molecule has 2 N–H and O–H groups in total. The highest BCUT2D eigenvalue weighted by atomic mass is 32.1. The second-order valence-corrected chi connectivity index (χ2v) is 6.69. The lowest BCUT2D eigenvalue weighted by molar-refractivity contribution is 0.122. The fraction of sp³-hybridized carbons (Fsp3) is 0.222. The molecule has 0 bridgehead atoms. The molecule has 0 unspecified atom stereocenters. The molecule has 0 saturated carbocycles. The van der Waals surface area contributed by atoms with Gasteiger partial charge in [0.05, 0.1) is 13.2 Å². The minimum Gasteiger partial charge on any atom is -0.378 e. The Bertz CT molecular complexity index is 911. The van der Waals surface area contributed by atoms with Crippen LogP contribution < -0.4 is 15.5 Å². The summed E-state index contributed by atoms with van der Waals surface area (Å²) in [6, 6.07) is 8.93. The number of urea groups is 1. The topological polar surface area (TPSA) is 92.3 Å². The van der Waals surface area contributed by atoms with Gasteiger partial charge in [-0.25, -0.2) is 14.8 Å². The number of carbonyl (C=O) groups excluding carboxylic acids is 1. The molecule has 1 saturated heterocycles. The van der Waals surface area contributed by atoms with E-state index in [0.717, 1.165) is 29.5 Å². The van der Waals surface area contributed by atoms with Gasteiger partial charge in [0.1, 0.15) is 22.5 Å². The fourth-order valence-electron chi connectivity index (χ4n) is 2.68. The number of nitrogens with one attached hydrogen (secondary N) is 2. The third-order valence-corrected chi connectivity index (χ3v) is 4.88. The summed E-state index contributed by atoms with van der Waals surface area (Å²) in [5.41, 5.74) is 0.961. The van der Waals surface area contributed by atoms with Gasteiger partial charge in [-0.1, -0.05) is 6.07 Å². The van der Waals surface area contributed by atoms with E-state index >= 15 is 0 Å². The first kappa shape index (κ1) is 17.4. The van der Waals surface area contributed by atoms with Crippen molar-refractivity contribution >= 4 is 34.8 Å². The molecule has 3 aromatic heterocycles. The molecule has 0 spiro atoms. The summed E-state index contributed by atoms with van der Waals surface area (Å²) in [5.74, 6) is 1.81. The van der Waals surface area contributed by atoms with Gasteiger partial charge >= 0.3 is 6.03 Å². The lowest BCUT2D eigenvalue weighted by Gasteiger charge is -2.27. The Balaban J connectivity index is 1.39. The van der Waals surface area contributed by atoms with Crippen LogP contribution in [0.4, 0.5) is 22.2 Å². The Morgan fingerprint density at radius 3 is 2.63 bits per heavy atom. The van der Waals surface area contributed by atoms with Crippen molar-refractivity contribution in [1.29, 1.82) is 0 Å². The zero-order valence-electron chi connectivity index (χ0n) is 14.5. The van der Waals surface area contributed by atoms with Crippen molar-refractivity contribution in [3.8, 4) is 10.6 Å². The summed E-state index contributed by atoms with van der Waals surface area (Å²) in [7, 11) is 0. The number of rotatable bonds is 4. The molecule has 1 aliphatic heterocycles. The molecule has 2 amide bonds. The Morgan fingerprint density at radius 1 is 1.04 bits per heavy atom. The summed E-state index contributed by atoms with van der Waals surface area (Å²) in [4.78, 5) is 27.3. The SMILES string of the molecule is O=C(Nc1cccc(N2CCOCC2)n1)Nc1csc(-c2ccncc2)n1. The largest absolute Gasteiger partial charge is 0.378 e. The van der Waals surface area contributed by atoms with E-state index in [1.54, 1.807) is 23.8 Å². The first-order chi connectivity index (χ1) is 13.3. The maximum Gasteiger partial charge on any atom is 0.326 e. The number of nitrogens with zero attached hydrogens (tertiary/aromatic N) is 4. The van der Waals surface area contributed by atoms with Gasteiger partial charge in [0.25, 0.3) is 0 Å². The number of hydrogen-bond acceptors (Lipinski definition) is 7. The lowest BCUT2D eigenvalue weighted by atomic mass is 10.3. The average molecular weight is 382 g/mol. The van der Waals surface area contributed by atoms with Gasteiger partial charge < -0.3 is 9.64 Å². The van der Waals surface area contributed by atoms with Crippen LogP contribution in [0.2, 0.25) is 0 Å². The van der Waals surface area contributed by atoms with Crippen molar-refractivity contribution < 1.29 is 9.53 Å². The predicted molar refractivity (Wildman–Crippen MR) is 105 cm³/mol. The number of aromatic nitrogens is 3. The van der Waals surface area contributed by atoms with Crippen LogP contribution in [-0.2, 0) is 4.74 Å². The van der Waals surface area contributed by atoms with E-state index in [1.807, 2.05) is 24.3 Å². The molecule has 3 aromatic rings. The standard InChI is InChI=1S/C18H18N6O2S/c25-18(23-15-12-27-17(21-15)13-4-6-19-7-5-13)22-14-2-1-3-16(20-14)24-8-10-26-11-9-24/h1-7,12H,8-11H2,(H2,20,22,23,25). The molecular formula is C18H18N6O2S. The zero-order valence-corrected chi connectivity index (χ0v) is 15.3. The van der Waals surface area contributed by atoms with E-state index in [2.05, 4.69) is 30.5 Å². The molecule has 27 heavy (non-hydrogen) atoms. The van der Waals surface area contributed by atoms with E-state index in [-0.39, 0.29) is 6.03 Å².